The number of carboxylic acid groups (broad SMARTS) is 1. The molecule has 1 atom stereocenters. The Kier molecular flexibility index (Phi) is 6.08. The maximum atomic E-state index is 12.1. The number of carbonyl (C=O) groups excluding carboxylic acids is 1. The van der Waals surface area contributed by atoms with E-state index in [9.17, 15) is 14.7 Å². The molecule has 1 heterocycles. The van der Waals surface area contributed by atoms with Crippen LogP contribution in [0.1, 0.15) is 39.5 Å². The van der Waals surface area contributed by atoms with Gasteiger partial charge in [-0.05, 0) is 38.8 Å². The van der Waals surface area contributed by atoms with Gasteiger partial charge in [0.2, 0.25) is 0 Å². The summed E-state index contributed by atoms with van der Waals surface area (Å²) in [5.74, 6) is -0.893. The van der Waals surface area contributed by atoms with Crippen LogP contribution in [0, 0.1) is 0 Å². The highest BCUT2D eigenvalue weighted by atomic mass is 16.4. The molecule has 0 aliphatic carbocycles. The molecule has 1 rings (SSSR count). The van der Waals surface area contributed by atoms with Crippen LogP contribution in [0.5, 0.6) is 0 Å². The fourth-order valence-electron chi connectivity index (χ4n) is 2.60. The van der Waals surface area contributed by atoms with E-state index >= 15 is 0 Å². The largest absolute Gasteiger partial charge is 0.479 e. The van der Waals surface area contributed by atoms with E-state index in [1.54, 1.807) is 0 Å². The first kappa shape index (κ1) is 15.8. The van der Waals surface area contributed by atoms with Crippen molar-refractivity contribution in [1.29, 1.82) is 0 Å². The van der Waals surface area contributed by atoms with E-state index in [2.05, 4.69) is 10.6 Å². The van der Waals surface area contributed by atoms with Crippen molar-refractivity contribution in [2.75, 3.05) is 26.2 Å². The van der Waals surface area contributed by atoms with Gasteiger partial charge in [-0.15, -0.1) is 0 Å². The molecule has 0 aromatic heterocycles. The third kappa shape index (κ3) is 3.59. The smallest absolute Gasteiger partial charge is 0.329 e. The van der Waals surface area contributed by atoms with Crippen LogP contribution < -0.4 is 10.6 Å². The van der Waals surface area contributed by atoms with Gasteiger partial charge in [-0.2, -0.15) is 0 Å². The molecule has 1 unspecified atom stereocenters. The molecular formula is C13H25N3O3. The third-order valence-corrected chi connectivity index (χ3v) is 3.77. The minimum atomic E-state index is -1.01. The Hall–Kier alpha value is -1.30. The first-order chi connectivity index (χ1) is 9.08. The molecule has 0 aromatic carbocycles. The maximum absolute atomic E-state index is 12.1. The van der Waals surface area contributed by atoms with Crippen LogP contribution in [0.4, 0.5) is 4.79 Å². The van der Waals surface area contributed by atoms with E-state index in [1.807, 2.05) is 13.8 Å². The van der Waals surface area contributed by atoms with Crippen molar-refractivity contribution in [2.24, 2.45) is 0 Å². The highest BCUT2D eigenvalue weighted by Gasteiger charge is 2.48. The van der Waals surface area contributed by atoms with Gasteiger partial charge in [0.25, 0.3) is 0 Å². The summed E-state index contributed by atoms with van der Waals surface area (Å²) in [4.78, 5) is 25.0. The van der Waals surface area contributed by atoms with Gasteiger partial charge in [0.1, 0.15) is 5.54 Å². The Morgan fingerprint density at radius 3 is 2.63 bits per heavy atom. The van der Waals surface area contributed by atoms with Gasteiger partial charge in [-0.3, -0.25) is 0 Å². The van der Waals surface area contributed by atoms with Gasteiger partial charge in [-0.25, -0.2) is 9.59 Å². The second-order valence-electron chi connectivity index (χ2n) is 4.88. The van der Waals surface area contributed by atoms with Crippen LogP contribution in [0.25, 0.3) is 0 Å². The topological polar surface area (TPSA) is 81.7 Å². The number of amides is 2. The molecular weight excluding hydrogens is 246 g/mol. The predicted molar refractivity (Wildman–Crippen MR) is 73.2 cm³/mol. The summed E-state index contributed by atoms with van der Waals surface area (Å²) in [5, 5.41) is 15.4. The van der Waals surface area contributed by atoms with Crippen LogP contribution in [-0.4, -0.2) is 53.7 Å². The van der Waals surface area contributed by atoms with Gasteiger partial charge in [0, 0.05) is 13.1 Å². The van der Waals surface area contributed by atoms with Crippen molar-refractivity contribution in [2.45, 2.75) is 45.1 Å². The van der Waals surface area contributed by atoms with Crippen molar-refractivity contribution in [1.82, 2.24) is 15.5 Å². The minimum Gasteiger partial charge on any atom is -0.479 e. The van der Waals surface area contributed by atoms with E-state index in [4.69, 9.17) is 0 Å². The molecule has 1 aliphatic heterocycles. The highest BCUT2D eigenvalue weighted by Crippen LogP contribution is 2.32. The lowest BCUT2D eigenvalue weighted by Gasteiger charge is -2.33. The van der Waals surface area contributed by atoms with Crippen LogP contribution in [0.2, 0.25) is 0 Å². The lowest BCUT2D eigenvalue weighted by Crippen LogP contribution is -2.55. The van der Waals surface area contributed by atoms with Crippen molar-refractivity contribution >= 4 is 12.0 Å². The average molecular weight is 271 g/mol. The SMILES string of the molecule is CCNCCCNC(=O)N1CCCC1(CC)C(=O)O. The molecule has 110 valence electrons. The molecule has 6 heteroatoms. The first-order valence-corrected chi connectivity index (χ1v) is 7.08. The second-order valence-corrected chi connectivity index (χ2v) is 4.88. The predicted octanol–water partition coefficient (Wildman–Crippen LogP) is 1.02. The molecule has 1 aliphatic rings. The Morgan fingerprint density at radius 1 is 1.32 bits per heavy atom. The van der Waals surface area contributed by atoms with Crippen LogP contribution in [0.3, 0.4) is 0 Å². The van der Waals surface area contributed by atoms with Crippen LogP contribution in [-0.2, 0) is 4.79 Å². The zero-order valence-corrected chi connectivity index (χ0v) is 11.9. The summed E-state index contributed by atoms with van der Waals surface area (Å²) in [5.41, 5.74) is -1.01. The van der Waals surface area contributed by atoms with E-state index in [-0.39, 0.29) is 6.03 Å². The van der Waals surface area contributed by atoms with Gasteiger partial charge < -0.3 is 20.6 Å². The summed E-state index contributed by atoms with van der Waals surface area (Å²) < 4.78 is 0. The number of hydrogen-bond donors (Lipinski definition) is 3. The van der Waals surface area contributed by atoms with Crippen molar-refractivity contribution in [3.05, 3.63) is 0 Å². The number of urea groups is 1. The van der Waals surface area contributed by atoms with Gasteiger partial charge in [0.05, 0.1) is 0 Å². The number of likely N-dealkylation sites (tertiary alicyclic amines) is 1. The summed E-state index contributed by atoms with van der Waals surface area (Å²) in [7, 11) is 0. The fourth-order valence-corrected chi connectivity index (χ4v) is 2.60. The number of aliphatic carboxylic acids is 1. The Labute approximate surface area is 114 Å². The Balaban J connectivity index is 2.48. The maximum Gasteiger partial charge on any atom is 0.329 e. The molecule has 3 N–H and O–H groups in total. The number of nitrogens with one attached hydrogen (secondary N) is 2. The lowest BCUT2D eigenvalue weighted by atomic mass is 9.93. The molecule has 1 saturated heterocycles. The summed E-state index contributed by atoms with van der Waals surface area (Å²) in [6.07, 6.45) is 2.60. The molecule has 0 saturated carbocycles. The van der Waals surface area contributed by atoms with Crippen molar-refractivity contribution < 1.29 is 14.7 Å². The summed E-state index contributed by atoms with van der Waals surface area (Å²) in [6, 6.07) is -0.252. The third-order valence-electron chi connectivity index (χ3n) is 3.77. The van der Waals surface area contributed by atoms with Gasteiger partial charge in [0.15, 0.2) is 0 Å². The van der Waals surface area contributed by atoms with Crippen molar-refractivity contribution in [3.8, 4) is 0 Å². The minimum absolute atomic E-state index is 0.252. The van der Waals surface area contributed by atoms with Crippen LogP contribution in [0.15, 0.2) is 0 Å². The molecule has 0 aromatic rings. The number of carbonyl (C=O) groups is 2. The normalized spacial score (nSPS) is 22.5. The van der Waals surface area contributed by atoms with E-state index in [1.165, 1.54) is 4.90 Å². The second kappa shape index (κ2) is 7.33. The average Bonchev–Trinajstić information content (AvgIpc) is 2.83. The molecule has 19 heavy (non-hydrogen) atoms. The van der Waals surface area contributed by atoms with Crippen LogP contribution >= 0.6 is 0 Å². The summed E-state index contributed by atoms with van der Waals surface area (Å²) in [6.45, 7) is 6.73. The van der Waals surface area contributed by atoms with Gasteiger partial charge >= 0.3 is 12.0 Å². The highest BCUT2D eigenvalue weighted by molar-refractivity contribution is 5.87. The molecule has 0 bridgehead atoms. The first-order valence-electron chi connectivity index (χ1n) is 7.08. The van der Waals surface area contributed by atoms with E-state index < -0.39 is 11.5 Å². The standard InChI is InChI=1S/C13H25N3O3/c1-3-13(11(17)18)7-5-10-16(13)12(19)15-9-6-8-14-4-2/h14H,3-10H2,1-2H3,(H,15,19)(H,17,18). The number of carboxylic acids is 1. The number of nitrogens with zero attached hydrogens (tertiary/aromatic N) is 1. The monoisotopic (exact) mass is 271 g/mol. The zero-order chi connectivity index (χ0) is 14.3. The summed E-state index contributed by atoms with van der Waals surface area (Å²) >= 11 is 0. The Morgan fingerprint density at radius 2 is 2.05 bits per heavy atom. The molecule has 0 radical (unpaired) electrons. The van der Waals surface area contributed by atoms with E-state index in [0.717, 1.165) is 25.9 Å². The van der Waals surface area contributed by atoms with Crippen molar-refractivity contribution in [3.63, 3.8) is 0 Å². The van der Waals surface area contributed by atoms with Gasteiger partial charge in [-0.1, -0.05) is 13.8 Å². The molecule has 0 spiro atoms. The number of rotatable bonds is 7. The van der Waals surface area contributed by atoms with E-state index in [0.29, 0.717) is 25.9 Å². The quantitative estimate of drug-likeness (QED) is 0.604. The molecule has 1 fully saturated rings. The fraction of sp³-hybridized carbons (Fsp3) is 0.846. The zero-order valence-electron chi connectivity index (χ0n) is 11.9. The number of hydrogen-bond acceptors (Lipinski definition) is 3. The Bertz CT molecular complexity index is 322. The molecule has 2 amide bonds. The molecule has 6 nitrogen and oxygen atoms in total. The lowest BCUT2D eigenvalue weighted by molar-refractivity contribution is -0.148.